The highest BCUT2D eigenvalue weighted by Crippen LogP contribution is 2.22. The van der Waals surface area contributed by atoms with Gasteiger partial charge in [-0.05, 0) is 12.5 Å². The molecule has 1 unspecified atom stereocenters. The normalized spacial score (nSPS) is 12.7. The van der Waals surface area contributed by atoms with Crippen LogP contribution in [0.25, 0.3) is 0 Å². The van der Waals surface area contributed by atoms with Gasteiger partial charge < -0.3 is 9.52 Å². The fourth-order valence-electron chi connectivity index (χ4n) is 1.31. The van der Waals surface area contributed by atoms with Gasteiger partial charge in [0.1, 0.15) is 0 Å². The average molecular weight is 182 g/mol. The number of furan rings is 1. The molecule has 0 saturated carbocycles. The Labute approximate surface area is 77.4 Å². The highest BCUT2D eigenvalue weighted by atomic mass is 16.4. The van der Waals surface area contributed by atoms with Crippen molar-refractivity contribution in [2.24, 2.45) is 0 Å². The van der Waals surface area contributed by atoms with E-state index in [1.807, 2.05) is 6.92 Å². The minimum Gasteiger partial charge on any atom is -0.481 e. The van der Waals surface area contributed by atoms with Crippen LogP contribution < -0.4 is 0 Å². The van der Waals surface area contributed by atoms with Crippen LogP contribution in [0.5, 0.6) is 0 Å². The van der Waals surface area contributed by atoms with Crippen LogP contribution in [-0.2, 0) is 4.79 Å². The summed E-state index contributed by atoms with van der Waals surface area (Å²) >= 11 is 0. The summed E-state index contributed by atoms with van der Waals surface area (Å²) in [6.45, 7) is 2.05. The first-order chi connectivity index (χ1) is 6.25. The fraction of sp³-hybridized carbons (Fsp3) is 0.500. The third-order valence-corrected chi connectivity index (χ3v) is 2.09. The van der Waals surface area contributed by atoms with Crippen LogP contribution in [0.3, 0.4) is 0 Å². The Morgan fingerprint density at radius 3 is 2.92 bits per heavy atom. The SMILES string of the molecule is CCCCC(C(=O)O)c1ccoc1. The van der Waals surface area contributed by atoms with Gasteiger partial charge in [0.05, 0.1) is 18.4 Å². The number of carboxylic acids is 1. The van der Waals surface area contributed by atoms with Crippen molar-refractivity contribution < 1.29 is 14.3 Å². The van der Waals surface area contributed by atoms with Crippen molar-refractivity contribution in [1.82, 2.24) is 0 Å². The van der Waals surface area contributed by atoms with Crippen LogP contribution in [-0.4, -0.2) is 11.1 Å². The van der Waals surface area contributed by atoms with E-state index in [-0.39, 0.29) is 0 Å². The minimum atomic E-state index is -0.769. The quantitative estimate of drug-likeness (QED) is 0.761. The van der Waals surface area contributed by atoms with Gasteiger partial charge >= 0.3 is 5.97 Å². The topological polar surface area (TPSA) is 50.4 Å². The average Bonchev–Trinajstić information content (AvgIpc) is 2.57. The Balaban J connectivity index is 2.63. The zero-order valence-electron chi connectivity index (χ0n) is 7.69. The van der Waals surface area contributed by atoms with Gasteiger partial charge in [-0.15, -0.1) is 0 Å². The van der Waals surface area contributed by atoms with Gasteiger partial charge in [0.25, 0.3) is 0 Å². The number of hydrogen-bond donors (Lipinski definition) is 1. The van der Waals surface area contributed by atoms with Gasteiger partial charge in [0.2, 0.25) is 0 Å². The van der Waals surface area contributed by atoms with Crippen molar-refractivity contribution in [2.75, 3.05) is 0 Å². The van der Waals surface area contributed by atoms with Crippen molar-refractivity contribution in [3.63, 3.8) is 0 Å². The number of aliphatic carboxylic acids is 1. The summed E-state index contributed by atoms with van der Waals surface area (Å²) in [5.74, 6) is -1.17. The second-order valence-electron chi connectivity index (χ2n) is 3.09. The van der Waals surface area contributed by atoms with Crippen LogP contribution in [0.2, 0.25) is 0 Å². The van der Waals surface area contributed by atoms with E-state index in [4.69, 9.17) is 9.52 Å². The summed E-state index contributed by atoms with van der Waals surface area (Å²) < 4.78 is 4.86. The van der Waals surface area contributed by atoms with Crippen LogP contribution in [0, 0.1) is 0 Å². The lowest BCUT2D eigenvalue weighted by atomic mass is 9.96. The third kappa shape index (κ3) is 2.61. The maximum absolute atomic E-state index is 10.9. The molecule has 3 nitrogen and oxygen atoms in total. The summed E-state index contributed by atoms with van der Waals surface area (Å²) in [4.78, 5) is 10.9. The summed E-state index contributed by atoms with van der Waals surface area (Å²) in [6.07, 6.45) is 5.65. The molecule has 0 fully saturated rings. The summed E-state index contributed by atoms with van der Waals surface area (Å²) in [7, 11) is 0. The molecular weight excluding hydrogens is 168 g/mol. The lowest BCUT2D eigenvalue weighted by Crippen LogP contribution is -2.10. The van der Waals surface area contributed by atoms with Crippen molar-refractivity contribution in [3.05, 3.63) is 24.2 Å². The van der Waals surface area contributed by atoms with Gasteiger partial charge in [-0.1, -0.05) is 19.8 Å². The smallest absolute Gasteiger partial charge is 0.311 e. The third-order valence-electron chi connectivity index (χ3n) is 2.09. The number of rotatable bonds is 5. The van der Waals surface area contributed by atoms with Crippen molar-refractivity contribution in [1.29, 1.82) is 0 Å². The molecule has 72 valence electrons. The molecule has 0 aliphatic heterocycles. The first-order valence-electron chi connectivity index (χ1n) is 4.50. The molecule has 3 heteroatoms. The zero-order valence-corrected chi connectivity index (χ0v) is 7.69. The highest BCUT2D eigenvalue weighted by Gasteiger charge is 2.19. The maximum Gasteiger partial charge on any atom is 0.311 e. The van der Waals surface area contributed by atoms with Crippen LogP contribution in [0.15, 0.2) is 23.0 Å². The number of hydrogen-bond acceptors (Lipinski definition) is 2. The van der Waals surface area contributed by atoms with Gasteiger partial charge in [-0.25, -0.2) is 0 Å². The van der Waals surface area contributed by atoms with Crippen molar-refractivity contribution >= 4 is 5.97 Å². The standard InChI is InChI=1S/C10H14O3/c1-2-3-4-9(10(11)12)8-5-6-13-7-8/h5-7,9H,2-4H2,1H3,(H,11,12). The Morgan fingerprint density at radius 1 is 1.69 bits per heavy atom. The molecule has 1 rings (SSSR count). The zero-order chi connectivity index (χ0) is 9.68. The molecule has 0 amide bonds. The molecule has 0 aliphatic rings. The molecule has 0 spiro atoms. The van der Waals surface area contributed by atoms with E-state index in [1.54, 1.807) is 6.07 Å². The lowest BCUT2D eigenvalue weighted by molar-refractivity contribution is -0.139. The summed E-state index contributed by atoms with van der Waals surface area (Å²) in [6, 6.07) is 1.72. The molecule has 0 bridgehead atoms. The summed E-state index contributed by atoms with van der Waals surface area (Å²) in [5.41, 5.74) is 0.765. The van der Waals surface area contributed by atoms with E-state index in [2.05, 4.69) is 0 Å². The largest absolute Gasteiger partial charge is 0.481 e. The molecular formula is C10H14O3. The maximum atomic E-state index is 10.9. The predicted molar refractivity (Wildman–Crippen MR) is 48.6 cm³/mol. The molecule has 1 heterocycles. The van der Waals surface area contributed by atoms with E-state index in [0.717, 1.165) is 18.4 Å². The van der Waals surface area contributed by atoms with Gasteiger partial charge in [-0.2, -0.15) is 0 Å². The van der Waals surface area contributed by atoms with Crippen LogP contribution in [0.1, 0.15) is 37.7 Å². The lowest BCUT2D eigenvalue weighted by Gasteiger charge is -2.08. The van der Waals surface area contributed by atoms with Crippen LogP contribution >= 0.6 is 0 Å². The van der Waals surface area contributed by atoms with Gasteiger partial charge in [0, 0.05) is 5.56 Å². The van der Waals surface area contributed by atoms with E-state index in [0.29, 0.717) is 6.42 Å². The van der Waals surface area contributed by atoms with Gasteiger partial charge in [-0.3, -0.25) is 4.79 Å². The molecule has 1 atom stereocenters. The molecule has 0 saturated heterocycles. The first kappa shape index (κ1) is 9.84. The number of carboxylic acid groups (broad SMARTS) is 1. The van der Waals surface area contributed by atoms with Crippen molar-refractivity contribution in [2.45, 2.75) is 32.1 Å². The van der Waals surface area contributed by atoms with E-state index in [1.165, 1.54) is 12.5 Å². The Bertz CT molecular complexity index is 251. The first-order valence-corrected chi connectivity index (χ1v) is 4.50. The molecule has 13 heavy (non-hydrogen) atoms. The molecule has 0 radical (unpaired) electrons. The second kappa shape index (κ2) is 4.70. The fourth-order valence-corrected chi connectivity index (χ4v) is 1.31. The monoisotopic (exact) mass is 182 g/mol. The number of unbranched alkanes of at least 4 members (excludes halogenated alkanes) is 1. The predicted octanol–water partition coefficient (Wildman–Crippen LogP) is 2.64. The Kier molecular flexibility index (Phi) is 3.55. The Morgan fingerprint density at radius 2 is 2.46 bits per heavy atom. The van der Waals surface area contributed by atoms with E-state index < -0.39 is 11.9 Å². The van der Waals surface area contributed by atoms with Gasteiger partial charge in [0.15, 0.2) is 0 Å². The molecule has 1 aromatic rings. The molecule has 1 N–H and O–H groups in total. The minimum absolute atomic E-state index is 0.404. The Hall–Kier alpha value is -1.25. The molecule has 1 aromatic heterocycles. The molecule has 0 aromatic carbocycles. The van der Waals surface area contributed by atoms with E-state index >= 15 is 0 Å². The van der Waals surface area contributed by atoms with Crippen LogP contribution in [0.4, 0.5) is 0 Å². The molecule has 0 aliphatic carbocycles. The van der Waals surface area contributed by atoms with Crippen molar-refractivity contribution in [3.8, 4) is 0 Å². The highest BCUT2D eigenvalue weighted by molar-refractivity contribution is 5.75. The second-order valence-corrected chi connectivity index (χ2v) is 3.09. The van der Waals surface area contributed by atoms with E-state index in [9.17, 15) is 4.79 Å². The number of carbonyl (C=O) groups is 1. The summed E-state index contributed by atoms with van der Waals surface area (Å²) in [5, 5.41) is 8.93.